The number of nitrogens with zero attached hydrogens (tertiary/aromatic N) is 3. The molecule has 0 aliphatic rings. The maximum Gasteiger partial charge on any atom is 0.234 e. The van der Waals surface area contributed by atoms with Crippen molar-refractivity contribution in [3.05, 3.63) is 84.8 Å². The van der Waals surface area contributed by atoms with Gasteiger partial charge in [-0.1, -0.05) is 36.4 Å². The number of sulfone groups is 1. The molecular formula is C19H15N3O2S. The molecule has 2 aromatic heterocycles. The number of rotatable bonds is 4. The highest BCUT2D eigenvalue weighted by Crippen LogP contribution is 2.27. The largest absolute Gasteiger partial charge is 0.285 e. The standard InChI is InChI=1S/C19H15N3O2S/c23-25(24,14-15-6-2-1-3-7-15)18-9-4-8-17-16(18)10-13-22(17)19-20-11-5-12-21-19/h1-13H,14H2. The van der Waals surface area contributed by atoms with Gasteiger partial charge in [0.1, 0.15) is 0 Å². The molecule has 0 saturated heterocycles. The van der Waals surface area contributed by atoms with Crippen molar-refractivity contribution < 1.29 is 8.42 Å². The van der Waals surface area contributed by atoms with Crippen LogP contribution >= 0.6 is 0 Å². The van der Waals surface area contributed by atoms with Crippen LogP contribution in [0.4, 0.5) is 0 Å². The SMILES string of the molecule is O=S(=O)(Cc1ccccc1)c1cccc2c1ccn2-c1ncccn1. The molecule has 124 valence electrons. The van der Waals surface area contributed by atoms with Gasteiger partial charge in [-0.2, -0.15) is 0 Å². The van der Waals surface area contributed by atoms with Gasteiger partial charge in [0.2, 0.25) is 5.95 Å². The molecule has 2 aromatic carbocycles. The lowest BCUT2D eigenvalue weighted by Crippen LogP contribution is -2.05. The first-order valence-corrected chi connectivity index (χ1v) is 9.44. The maximum absolute atomic E-state index is 12.9. The second-order valence-corrected chi connectivity index (χ2v) is 7.63. The Labute approximate surface area is 145 Å². The van der Waals surface area contributed by atoms with Gasteiger partial charge in [0.15, 0.2) is 9.84 Å². The van der Waals surface area contributed by atoms with E-state index in [-0.39, 0.29) is 5.75 Å². The molecule has 0 atom stereocenters. The van der Waals surface area contributed by atoms with Crippen LogP contribution in [0.1, 0.15) is 5.56 Å². The van der Waals surface area contributed by atoms with Gasteiger partial charge in [-0.15, -0.1) is 0 Å². The van der Waals surface area contributed by atoms with Crippen molar-refractivity contribution >= 4 is 20.7 Å². The Kier molecular flexibility index (Phi) is 3.82. The summed E-state index contributed by atoms with van der Waals surface area (Å²) in [7, 11) is -3.46. The van der Waals surface area contributed by atoms with E-state index in [0.717, 1.165) is 11.1 Å². The number of hydrogen-bond donors (Lipinski definition) is 0. The molecule has 0 aliphatic heterocycles. The molecular weight excluding hydrogens is 334 g/mol. The van der Waals surface area contributed by atoms with Gasteiger partial charge < -0.3 is 0 Å². The van der Waals surface area contributed by atoms with Gasteiger partial charge in [0, 0.05) is 24.0 Å². The number of hydrogen-bond acceptors (Lipinski definition) is 4. The lowest BCUT2D eigenvalue weighted by molar-refractivity contribution is 0.596. The summed E-state index contributed by atoms with van der Waals surface area (Å²) in [6.45, 7) is 0. The van der Waals surface area contributed by atoms with E-state index in [2.05, 4.69) is 9.97 Å². The lowest BCUT2D eigenvalue weighted by atomic mass is 10.2. The molecule has 0 spiro atoms. The fourth-order valence-electron chi connectivity index (χ4n) is 2.87. The Balaban J connectivity index is 1.82. The summed E-state index contributed by atoms with van der Waals surface area (Å²) in [5.41, 5.74) is 1.53. The van der Waals surface area contributed by atoms with E-state index in [9.17, 15) is 8.42 Å². The predicted molar refractivity (Wildman–Crippen MR) is 96.2 cm³/mol. The fraction of sp³-hybridized carbons (Fsp3) is 0.0526. The Hall–Kier alpha value is -2.99. The second kappa shape index (κ2) is 6.14. The van der Waals surface area contributed by atoms with Crippen LogP contribution in [0.5, 0.6) is 0 Å². The minimum Gasteiger partial charge on any atom is -0.285 e. The smallest absolute Gasteiger partial charge is 0.234 e. The quantitative estimate of drug-likeness (QED) is 0.566. The normalized spacial score (nSPS) is 11.7. The summed E-state index contributed by atoms with van der Waals surface area (Å²) in [5.74, 6) is 0.482. The molecule has 2 heterocycles. The molecule has 4 aromatic rings. The third-order valence-electron chi connectivity index (χ3n) is 4.00. The van der Waals surface area contributed by atoms with Crippen LogP contribution in [-0.2, 0) is 15.6 Å². The molecule has 5 nitrogen and oxygen atoms in total. The highest BCUT2D eigenvalue weighted by Gasteiger charge is 2.20. The van der Waals surface area contributed by atoms with Gasteiger partial charge in [0.25, 0.3) is 0 Å². The zero-order chi connectivity index (χ0) is 17.3. The summed E-state index contributed by atoms with van der Waals surface area (Å²) in [5, 5.41) is 0.672. The van der Waals surface area contributed by atoms with Gasteiger partial charge in [-0.25, -0.2) is 18.4 Å². The summed E-state index contributed by atoms with van der Waals surface area (Å²) in [6, 6.07) is 18.0. The molecule has 0 saturated carbocycles. The van der Waals surface area contributed by atoms with Gasteiger partial charge in [0.05, 0.1) is 16.2 Å². The zero-order valence-electron chi connectivity index (χ0n) is 13.3. The van der Waals surface area contributed by atoms with E-state index in [1.54, 1.807) is 47.4 Å². The van der Waals surface area contributed by atoms with Crippen molar-refractivity contribution in [2.45, 2.75) is 10.6 Å². The monoisotopic (exact) mass is 349 g/mol. The first kappa shape index (κ1) is 15.5. The van der Waals surface area contributed by atoms with Crippen molar-refractivity contribution in [3.8, 4) is 5.95 Å². The third kappa shape index (κ3) is 2.92. The van der Waals surface area contributed by atoms with Crippen molar-refractivity contribution in [2.75, 3.05) is 0 Å². The molecule has 0 bridgehead atoms. The van der Waals surface area contributed by atoms with Crippen LogP contribution in [0.3, 0.4) is 0 Å². The molecule has 0 fully saturated rings. The fourth-order valence-corrected chi connectivity index (χ4v) is 4.45. The zero-order valence-corrected chi connectivity index (χ0v) is 14.1. The molecule has 0 N–H and O–H groups in total. The van der Waals surface area contributed by atoms with E-state index in [0.29, 0.717) is 16.2 Å². The average molecular weight is 349 g/mol. The lowest BCUT2D eigenvalue weighted by Gasteiger charge is -2.08. The van der Waals surface area contributed by atoms with E-state index in [1.165, 1.54) is 0 Å². The van der Waals surface area contributed by atoms with Gasteiger partial charge >= 0.3 is 0 Å². The van der Waals surface area contributed by atoms with Crippen LogP contribution in [-0.4, -0.2) is 23.0 Å². The Morgan fingerprint density at radius 2 is 1.60 bits per heavy atom. The predicted octanol–water partition coefficient (Wildman–Crippen LogP) is 3.39. The highest BCUT2D eigenvalue weighted by atomic mass is 32.2. The average Bonchev–Trinajstić information content (AvgIpc) is 3.07. The maximum atomic E-state index is 12.9. The van der Waals surface area contributed by atoms with Crippen molar-refractivity contribution in [1.29, 1.82) is 0 Å². The number of aromatic nitrogens is 3. The van der Waals surface area contributed by atoms with Gasteiger partial charge in [-0.3, -0.25) is 4.57 Å². The third-order valence-corrected chi connectivity index (χ3v) is 5.73. The second-order valence-electron chi connectivity index (χ2n) is 5.67. The molecule has 0 unspecified atom stereocenters. The molecule has 4 rings (SSSR count). The topological polar surface area (TPSA) is 64.8 Å². The first-order chi connectivity index (χ1) is 12.1. The van der Waals surface area contributed by atoms with E-state index in [4.69, 9.17) is 0 Å². The van der Waals surface area contributed by atoms with Crippen molar-refractivity contribution in [3.63, 3.8) is 0 Å². The minimum atomic E-state index is -3.46. The van der Waals surface area contributed by atoms with E-state index in [1.807, 2.05) is 36.4 Å². The first-order valence-electron chi connectivity index (χ1n) is 7.79. The Bertz CT molecular complexity index is 1120. The Morgan fingerprint density at radius 3 is 2.36 bits per heavy atom. The van der Waals surface area contributed by atoms with Crippen molar-refractivity contribution in [1.82, 2.24) is 14.5 Å². The molecule has 25 heavy (non-hydrogen) atoms. The van der Waals surface area contributed by atoms with E-state index >= 15 is 0 Å². The number of benzene rings is 2. The van der Waals surface area contributed by atoms with Crippen LogP contribution in [0.15, 0.2) is 84.1 Å². The Morgan fingerprint density at radius 1 is 0.840 bits per heavy atom. The van der Waals surface area contributed by atoms with Crippen molar-refractivity contribution in [2.24, 2.45) is 0 Å². The summed E-state index contributed by atoms with van der Waals surface area (Å²) in [6.07, 6.45) is 5.11. The van der Waals surface area contributed by atoms with Gasteiger partial charge in [-0.05, 0) is 29.8 Å². The molecule has 0 radical (unpaired) electrons. The molecule has 0 aliphatic carbocycles. The highest BCUT2D eigenvalue weighted by molar-refractivity contribution is 7.90. The molecule has 6 heteroatoms. The van der Waals surface area contributed by atoms with Crippen LogP contribution < -0.4 is 0 Å². The number of fused-ring (bicyclic) bond motifs is 1. The van der Waals surface area contributed by atoms with Crippen LogP contribution in [0, 0.1) is 0 Å². The summed E-state index contributed by atoms with van der Waals surface area (Å²) >= 11 is 0. The van der Waals surface area contributed by atoms with Crippen LogP contribution in [0.2, 0.25) is 0 Å². The summed E-state index contributed by atoms with van der Waals surface area (Å²) in [4.78, 5) is 8.79. The van der Waals surface area contributed by atoms with E-state index < -0.39 is 9.84 Å². The summed E-state index contributed by atoms with van der Waals surface area (Å²) < 4.78 is 27.6. The minimum absolute atomic E-state index is 0.0278. The van der Waals surface area contributed by atoms with Crippen LogP contribution in [0.25, 0.3) is 16.9 Å². The molecule has 0 amide bonds.